The van der Waals surface area contributed by atoms with Crippen LogP contribution >= 0.6 is 0 Å². The molecule has 2 rings (SSSR count). The lowest BCUT2D eigenvalue weighted by atomic mass is 9.95. The van der Waals surface area contributed by atoms with Crippen LogP contribution in [0, 0.1) is 0 Å². The van der Waals surface area contributed by atoms with Crippen molar-refractivity contribution in [1.82, 2.24) is 9.78 Å². The molecule has 1 aliphatic carbocycles. The molecule has 0 unspecified atom stereocenters. The highest BCUT2D eigenvalue weighted by Crippen LogP contribution is 2.24. The minimum atomic E-state index is 0.401. The van der Waals surface area contributed by atoms with Crippen LogP contribution in [0.15, 0.2) is 18.5 Å². The molecule has 1 aliphatic rings. The Balaban J connectivity index is 2.03. The van der Waals surface area contributed by atoms with Gasteiger partial charge in [0.1, 0.15) is 5.78 Å². The van der Waals surface area contributed by atoms with Crippen LogP contribution in [-0.4, -0.2) is 15.6 Å². The SMILES string of the molecule is O=C1CCC(n2cccn2)CC1. The largest absolute Gasteiger partial charge is 0.300 e. The lowest BCUT2D eigenvalue weighted by molar-refractivity contribution is -0.120. The summed E-state index contributed by atoms with van der Waals surface area (Å²) >= 11 is 0. The summed E-state index contributed by atoms with van der Waals surface area (Å²) in [5.74, 6) is 0.401. The summed E-state index contributed by atoms with van der Waals surface area (Å²) in [7, 11) is 0. The Morgan fingerprint density at radius 1 is 1.42 bits per heavy atom. The van der Waals surface area contributed by atoms with Gasteiger partial charge >= 0.3 is 0 Å². The van der Waals surface area contributed by atoms with Crippen LogP contribution < -0.4 is 0 Å². The Morgan fingerprint density at radius 2 is 2.17 bits per heavy atom. The van der Waals surface area contributed by atoms with Crippen molar-refractivity contribution in [2.75, 3.05) is 0 Å². The fraction of sp³-hybridized carbons (Fsp3) is 0.556. The molecule has 0 saturated heterocycles. The van der Waals surface area contributed by atoms with E-state index in [4.69, 9.17) is 0 Å². The third-order valence-electron chi connectivity index (χ3n) is 2.41. The van der Waals surface area contributed by atoms with E-state index in [9.17, 15) is 4.79 Å². The molecule has 0 radical (unpaired) electrons. The van der Waals surface area contributed by atoms with E-state index in [0.717, 1.165) is 25.7 Å². The van der Waals surface area contributed by atoms with Crippen molar-refractivity contribution in [2.24, 2.45) is 0 Å². The Hall–Kier alpha value is -1.12. The van der Waals surface area contributed by atoms with Gasteiger partial charge in [-0.1, -0.05) is 0 Å². The maximum Gasteiger partial charge on any atom is 0.133 e. The standard InChI is InChI=1S/C9H12N2O/c12-9-4-2-8(3-5-9)11-7-1-6-10-11/h1,6-8H,2-5H2. The lowest BCUT2D eigenvalue weighted by Gasteiger charge is -2.20. The van der Waals surface area contributed by atoms with E-state index in [0.29, 0.717) is 11.8 Å². The molecular weight excluding hydrogens is 152 g/mol. The molecular formula is C9H12N2O. The number of carbonyl (C=O) groups excluding carboxylic acids is 1. The average molecular weight is 164 g/mol. The van der Waals surface area contributed by atoms with Crippen LogP contribution in [0.25, 0.3) is 0 Å². The van der Waals surface area contributed by atoms with E-state index in [-0.39, 0.29) is 0 Å². The molecule has 1 saturated carbocycles. The van der Waals surface area contributed by atoms with E-state index in [1.165, 1.54) is 0 Å². The molecule has 0 aliphatic heterocycles. The Kier molecular flexibility index (Phi) is 1.94. The van der Waals surface area contributed by atoms with E-state index in [2.05, 4.69) is 5.10 Å². The lowest BCUT2D eigenvalue weighted by Crippen LogP contribution is -2.17. The molecule has 1 heterocycles. The van der Waals surface area contributed by atoms with Gasteiger partial charge in [-0.2, -0.15) is 5.10 Å². The third-order valence-corrected chi connectivity index (χ3v) is 2.41. The summed E-state index contributed by atoms with van der Waals surface area (Å²) in [6.45, 7) is 0. The minimum Gasteiger partial charge on any atom is -0.300 e. The molecule has 1 fully saturated rings. The molecule has 0 aromatic carbocycles. The van der Waals surface area contributed by atoms with Gasteiger partial charge in [0.25, 0.3) is 0 Å². The first kappa shape index (κ1) is 7.53. The highest BCUT2D eigenvalue weighted by Gasteiger charge is 2.19. The van der Waals surface area contributed by atoms with Crippen LogP contribution in [0.2, 0.25) is 0 Å². The monoisotopic (exact) mass is 164 g/mol. The van der Waals surface area contributed by atoms with Crippen LogP contribution in [0.5, 0.6) is 0 Å². The smallest absolute Gasteiger partial charge is 0.133 e. The van der Waals surface area contributed by atoms with Crippen molar-refractivity contribution in [3.8, 4) is 0 Å². The van der Waals surface area contributed by atoms with Gasteiger partial charge in [0.2, 0.25) is 0 Å². The highest BCUT2D eigenvalue weighted by molar-refractivity contribution is 5.79. The van der Waals surface area contributed by atoms with Gasteiger partial charge in [-0.25, -0.2) is 0 Å². The Bertz CT molecular complexity index is 256. The molecule has 0 N–H and O–H groups in total. The number of nitrogens with zero attached hydrogens (tertiary/aromatic N) is 2. The van der Waals surface area contributed by atoms with Crippen molar-refractivity contribution >= 4 is 5.78 Å². The summed E-state index contributed by atoms with van der Waals surface area (Å²) in [5.41, 5.74) is 0. The van der Waals surface area contributed by atoms with E-state index >= 15 is 0 Å². The van der Waals surface area contributed by atoms with Crippen LogP contribution in [-0.2, 0) is 4.79 Å². The average Bonchev–Trinajstić information content (AvgIpc) is 2.58. The summed E-state index contributed by atoms with van der Waals surface area (Å²) in [4.78, 5) is 10.9. The fourth-order valence-electron chi connectivity index (χ4n) is 1.69. The molecule has 0 amide bonds. The van der Waals surface area contributed by atoms with Gasteiger partial charge in [0.15, 0.2) is 0 Å². The summed E-state index contributed by atoms with van der Waals surface area (Å²) in [6.07, 6.45) is 7.13. The van der Waals surface area contributed by atoms with Crippen molar-refractivity contribution in [3.05, 3.63) is 18.5 Å². The van der Waals surface area contributed by atoms with Gasteiger partial charge in [0, 0.05) is 25.2 Å². The first-order valence-electron chi connectivity index (χ1n) is 4.37. The zero-order valence-corrected chi connectivity index (χ0v) is 6.94. The van der Waals surface area contributed by atoms with Gasteiger partial charge < -0.3 is 0 Å². The normalized spacial score (nSPS) is 19.8. The number of carbonyl (C=O) groups is 1. The molecule has 0 atom stereocenters. The fourth-order valence-corrected chi connectivity index (χ4v) is 1.69. The second-order valence-electron chi connectivity index (χ2n) is 3.26. The molecule has 0 bridgehead atoms. The Morgan fingerprint density at radius 3 is 2.75 bits per heavy atom. The first-order chi connectivity index (χ1) is 5.86. The molecule has 64 valence electrons. The topological polar surface area (TPSA) is 34.9 Å². The molecule has 1 aromatic rings. The third kappa shape index (κ3) is 1.40. The zero-order valence-electron chi connectivity index (χ0n) is 6.94. The summed E-state index contributed by atoms with van der Waals surface area (Å²) in [6, 6.07) is 2.38. The number of hydrogen-bond donors (Lipinski definition) is 0. The first-order valence-corrected chi connectivity index (χ1v) is 4.37. The van der Waals surface area contributed by atoms with Gasteiger partial charge in [-0.05, 0) is 18.9 Å². The number of Topliss-reactive ketones (excluding diaryl/α,β-unsaturated/α-hetero) is 1. The molecule has 0 spiro atoms. The molecule has 3 heteroatoms. The number of rotatable bonds is 1. The molecule has 12 heavy (non-hydrogen) atoms. The van der Waals surface area contributed by atoms with E-state index in [1.54, 1.807) is 6.20 Å². The Labute approximate surface area is 71.4 Å². The molecule has 3 nitrogen and oxygen atoms in total. The minimum absolute atomic E-state index is 0.401. The maximum atomic E-state index is 10.9. The second kappa shape index (κ2) is 3.09. The zero-order chi connectivity index (χ0) is 8.39. The quantitative estimate of drug-likeness (QED) is 0.631. The highest BCUT2D eigenvalue weighted by atomic mass is 16.1. The van der Waals surface area contributed by atoms with Crippen molar-refractivity contribution < 1.29 is 4.79 Å². The van der Waals surface area contributed by atoms with Crippen molar-refractivity contribution in [1.29, 1.82) is 0 Å². The summed E-state index contributed by atoms with van der Waals surface area (Å²) in [5, 5.41) is 4.17. The maximum absolute atomic E-state index is 10.9. The van der Waals surface area contributed by atoms with E-state index in [1.807, 2.05) is 16.9 Å². The number of aromatic nitrogens is 2. The van der Waals surface area contributed by atoms with Gasteiger partial charge in [0.05, 0.1) is 6.04 Å². The van der Waals surface area contributed by atoms with Crippen LogP contribution in [0.4, 0.5) is 0 Å². The van der Waals surface area contributed by atoms with Crippen molar-refractivity contribution in [3.63, 3.8) is 0 Å². The number of hydrogen-bond acceptors (Lipinski definition) is 2. The second-order valence-corrected chi connectivity index (χ2v) is 3.26. The molecule has 1 aromatic heterocycles. The number of ketones is 1. The predicted molar refractivity (Wildman–Crippen MR) is 44.7 cm³/mol. The van der Waals surface area contributed by atoms with E-state index < -0.39 is 0 Å². The predicted octanol–water partition coefficient (Wildman–Crippen LogP) is 1.57. The van der Waals surface area contributed by atoms with Gasteiger partial charge in [-0.3, -0.25) is 9.48 Å². The van der Waals surface area contributed by atoms with Gasteiger partial charge in [-0.15, -0.1) is 0 Å². The van der Waals surface area contributed by atoms with Crippen LogP contribution in [0.3, 0.4) is 0 Å². The van der Waals surface area contributed by atoms with Crippen molar-refractivity contribution in [2.45, 2.75) is 31.7 Å². The summed E-state index contributed by atoms with van der Waals surface area (Å²) < 4.78 is 1.96. The van der Waals surface area contributed by atoms with Crippen LogP contribution in [0.1, 0.15) is 31.7 Å².